The Labute approximate surface area is 157 Å². The van der Waals surface area contributed by atoms with Crippen LogP contribution in [0.3, 0.4) is 0 Å². The summed E-state index contributed by atoms with van der Waals surface area (Å²) in [5.74, 6) is 0.927. The van der Waals surface area contributed by atoms with E-state index < -0.39 is 11.0 Å². The molecule has 0 aliphatic rings. The fourth-order valence-electron chi connectivity index (χ4n) is 2.35. The number of anilines is 1. The maximum atomic E-state index is 13.2. The van der Waals surface area contributed by atoms with Crippen LogP contribution < -0.4 is 13.8 Å². The average molecular weight is 392 g/mol. The van der Waals surface area contributed by atoms with Crippen LogP contribution in [0.1, 0.15) is 5.56 Å². The van der Waals surface area contributed by atoms with Crippen molar-refractivity contribution < 1.29 is 18.1 Å². The zero-order valence-corrected chi connectivity index (χ0v) is 15.8. The molecule has 1 aromatic heterocycles. The smallest absolute Gasteiger partial charge is 0.197 e. The number of methoxy groups -OCH3 is 2. The lowest BCUT2D eigenvalue weighted by Crippen LogP contribution is -2.25. The number of hydrogen-bond donors (Lipinski definition) is 0. The minimum atomic E-state index is -1.55. The minimum Gasteiger partial charge on any atom is -0.497 e. The molecule has 1 heterocycles. The molecule has 136 valence electrons. The Kier molecular flexibility index (Phi) is 5.85. The first-order valence-corrected chi connectivity index (χ1v) is 9.66. The van der Waals surface area contributed by atoms with Crippen molar-refractivity contribution in [3.8, 4) is 11.5 Å². The van der Waals surface area contributed by atoms with Crippen LogP contribution in [-0.2, 0) is 17.5 Å². The topological polar surface area (TPSA) is 51.7 Å². The maximum Gasteiger partial charge on any atom is 0.197 e. The second-order valence-electron chi connectivity index (χ2n) is 5.23. The molecule has 3 aromatic rings. The SMILES string of the molecule is COc1ccc(CN(c2nccs2)S(=O)c2ccc(F)cc2)c(OC)c1. The molecule has 1 unspecified atom stereocenters. The standard InChI is InChI=1S/C18H17FN2O3S2/c1-23-15-6-3-13(17(11-15)24-2)12-21(18-20-9-10-25-18)26(22)16-7-4-14(19)5-8-16/h3-11H,12H2,1-2H3. The molecule has 0 saturated heterocycles. The molecule has 5 nitrogen and oxygen atoms in total. The van der Waals surface area contributed by atoms with Gasteiger partial charge < -0.3 is 9.47 Å². The molecule has 0 saturated carbocycles. The fraction of sp³-hybridized carbons (Fsp3) is 0.167. The molecule has 0 amide bonds. The first kappa shape index (κ1) is 18.3. The third-order valence-corrected chi connectivity index (χ3v) is 5.94. The van der Waals surface area contributed by atoms with Crippen LogP contribution in [0, 0.1) is 5.82 Å². The maximum absolute atomic E-state index is 13.2. The lowest BCUT2D eigenvalue weighted by atomic mass is 10.2. The van der Waals surface area contributed by atoms with Crippen LogP contribution in [0.4, 0.5) is 9.52 Å². The van der Waals surface area contributed by atoms with Gasteiger partial charge in [0.05, 0.1) is 25.7 Å². The van der Waals surface area contributed by atoms with Crippen molar-refractivity contribution in [3.63, 3.8) is 0 Å². The molecule has 0 aliphatic carbocycles. The Morgan fingerprint density at radius 1 is 1.15 bits per heavy atom. The molecular weight excluding hydrogens is 375 g/mol. The molecule has 2 aromatic carbocycles. The normalized spacial score (nSPS) is 11.8. The molecule has 0 radical (unpaired) electrons. The fourth-order valence-corrected chi connectivity index (χ4v) is 4.30. The Bertz CT molecular complexity index is 886. The Balaban J connectivity index is 1.95. The quantitative estimate of drug-likeness (QED) is 0.609. The Hall–Kier alpha value is -2.45. The summed E-state index contributed by atoms with van der Waals surface area (Å²) in [6.07, 6.45) is 1.65. The van der Waals surface area contributed by atoms with Crippen molar-refractivity contribution in [1.29, 1.82) is 0 Å². The first-order valence-electron chi connectivity index (χ1n) is 7.67. The number of hydrogen-bond acceptors (Lipinski definition) is 5. The van der Waals surface area contributed by atoms with Gasteiger partial charge in [0.1, 0.15) is 17.3 Å². The zero-order chi connectivity index (χ0) is 18.5. The van der Waals surface area contributed by atoms with Gasteiger partial charge in [-0.25, -0.2) is 13.6 Å². The van der Waals surface area contributed by atoms with Gasteiger partial charge in [-0.2, -0.15) is 0 Å². The number of aromatic nitrogens is 1. The summed E-state index contributed by atoms with van der Waals surface area (Å²) in [6.45, 7) is 0.310. The van der Waals surface area contributed by atoms with Crippen molar-refractivity contribution in [3.05, 3.63) is 65.4 Å². The summed E-state index contributed by atoms with van der Waals surface area (Å²) in [5.41, 5.74) is 0.832. The molecule has 3 rings (SSSR count). The second kappa shape index (κ2) is 8.29. The van der Waals surface area contributed by atoms with E-state index >= 15 is 0 Å². The Morgan fingerprint density at radius 3 is 2.54 bits per heavy atom. The van der Waals surface area contributed by atoms with Crippen LogP contribution in [0.2, 0.25) is 0 Å². The molecule has 8 heteroatoms. The van der Waals surface area contributed by atoms with Gasteiger partial charge in [0.15, 0.2) is 16.1 Å². The van der Waals surface area contributed by atoms with Gasteiger partial charge >= 0.3 is 0 Å². The summed E-state index contributed by atoms with van der Waals surface area (Å²) in [4.78, 5) is 4.77. The number of thiazole rings is 1. The van der Waals surface area contributed by atoms with Crippen LogP contribution in [0.15, 0.2) is 58.9 Å². The highest BCUT2D eigenvalue weighted by molar-refractivity contribution is 7.86. The van der Waals surface area contributed by atoms with E-state index in [-0.39, 0.29) is 5.82 Å². The average Bonchev–Trinajstić information content (AvgIpc) is 3.20. The van der Waals surface area contributed by atoms with Crippen molar-refractivity contribution in [1.82, 2.24) is 4.98 Å². The van der Waals surface area contributed by atoms with E-state index in [0.29, 0.717) is 28.1 Å². The van der Waals surface area contributed by atoms with Crippen LogP contribution in [-0.4, -0.2) is 23.4 Å². The summed E-state index contributed by atoms with van der Waals surface area (Å²) in [5, 5.41) is 2.42. The molecule has 0 bridgehead atoms. The van der Waals surface area contributed by atoms with E-state index in [1.54, 1.807) is 30.8 Å². The third kappa shape index (κ3) is 4.03. The zero-order valence-electron chi connectivity index (χ0n) is 14.2. The van der Waals surface area contributed by atoms with Crippen molar-refractivity contribution in [2.45, 2.75) is 11.4 Å². The summed E-state index contributed by atoms with van der Waals surface area (Å²) in [7, 11) is 1.61. The second-order valence-corrected chi connectivity index (χ2v) is 7.52. The molecule has 0 aliphatic heterocycles. The van der Waals surface area contributed by atoms with Gasteiger partial charge in [-0.3, -0.25) is 4.31 Å². The lowest BCUT2D eigenvalue weighted by Gasteiger charge is -2.22. The van der Waals surface area contributed by atoms with Gasteiger partial charge in [-0.1, -0.05) is 0 Å². The summed E-state index contributed by atoms with van der Waals surface area (Å²) < 4.78 is 38.6. The number of benzene rings is 2. The Morgan fingerprint density at radius 2 is 1.92 bits per heavy atom. The van der Waals surface area contributed by atoms with Crippen molar-refractivity contribution >= 4 is 27.5 Å². The first-order chi connectivity index (χ1) is 12.6. The predicted octanol–water partition coefficient (Wildman–Crippen LogP) is 4.03. The number of nitrogens with zero attached hydrogens (tertiary/aromatic N) is 2. The van der Waals surface area contributed by atoms with Crippen molar-refractivity contribution in [2.75, 3.05) is 18.5 Å². The van der Waals surface area contributed by atoms with Gasteiger partial charge in [0, 0.05) is 23.2 Å². The third-order valence-electron chi connectivity index (χ3n) is 3.66. The highest BCUT2D eigenvalue weighted by atomic mass is 32.2. The van der Waals surface area contributed by atoms with Gasteiger partial charge in [-0.05, 0) is 36.4 Å². The van der Waals surface area contributed by atoms with E-state index in [0.717, 1.165) is 5.56 Å². The number of rotatable bonds is 7. The van der Waals surface area contributed by atoms with Crippen molar-refractivity contribution in [2.24, 2.45) is 0 Å². The molecule has 0 spiro atoms. The number of ether oxygens (including phenoxy) is 2. The summed E-state index contributed by atoms with van der Waals surface area (Å²) >= 11 is 1.38. The molecule has 26 heavy (non-hydrogen) atoms. The van der Waals surface area contributed by atoms with E-state index in [1.807, 2.05) is 17.5 Å². The van der Waals surface area contributed by atoms with E-state index in [2.05, 4.69) is 4.98 Å². The monoisotopic (exact) mass is 392 g/mol. The molecular formula is C18H17FN2O3S2. The van der Waals surface area contributed by atoms with E-state index in [4.69, 9.17) is 9.47 Å². The van der Waals surface area contributed by atoms with Gasteiger partial charge in [-0.15, -0.1) is 11.3 Å². The number of halogens is 1. The molecule has 1 atom stereocenters. The highest BCUT2D eigenvalue weighted by Crippen LogP contribution is 2.30. The van der Waals surface area contributed by atoms with Crippen LogP contribution >= 0.6 is 11.3 Å². The molecule has 0 fully saturated rings. The minimum absolute atomic E-state index is 0.310. The van der Waals surface area contributed by atoms with E-state index in [9.17, 15) is 8.60 Å². The van der Waals surface area contributed by atoms with Gasteiger partial charge in [0.25, 0.3) is 0 Å². The largest absolute Gasteiger partial charge is 0.497 e. The van der Waals surface area contributed by atoms with E-state index in [1.165, 1.54) is 35.6 Å². The summed E-state index contributed by atoms with van der Waals surface area (Å²) in [6, 6.07) is 11.1. The molecule has 0 N–H and O–H groups in total. The highest BCUT2D eigenvalue weighted by Gasteiger charge is 2.21. The van der Waals surface area contributed by atoms with Crippen LogP contribution in [0.25, 0.3) is 0 Å². The van der Waals surface area contributed by atoms with Gasteiger partial charge in [0.2, 0.25) is 0 Å². The lowest BCUT2D eigenvalue weighted by molar-refractivity contribution is 0.391. The predicted molar refractivity (Wildman–Crippen MR) is 101 cm³/mol. The van der Waals surface area contributed by atoms with Crippen LogP contribution in [0.5, 0.6) is 11.5 Å².